The summed E-state index contributed by atoms with van der Waals surface area (Å²) in [5, 5.41) is 15.0. The number of aromatic nitrogens is 3. The highest BCUT2D eigenvalue weighted by Crippen LogP contribution is 2.24. The molecule has 0 radical (unpaired) electrons. The number of carbonyl (C=O) groups is 1. The highest BCUT2D eigenvalue weighted by molar-refractivity contribution is 9.10. The van der Waals surface area contributed by atoms with E-state index < -0.39 is 16.0 Å². The Morgan fingerprint density at radius 1 is 1.45 bits per heavy atom. The number of halogens is 1. The summed E-state index contributed by atoms with van der Waals surface area (Å²) in [5.41, 5.74) is -0.139. The zero-order chi connectivity index (χ0) is 14.9. The fourth-order valence-corrected chi connectivity index (χ4v) is 3.34. The molecule has 10 heteroatoms. The number of carboxylic acids is 1. The van der Waals surface area contributed by atoms with Gasteiger partial charge in [0.15, 0.2) is 0 Å². The summed E-state index contributed by atoms with van der Waals surface area (Å²) in [4.78, 5) is 14.5. The molecule has 0 amide bonds. The monoisotopic (exact) mass is 360 g/mol. The molecule has 0 unspecified atom stereocenters. The Labute approximate surface area is 122 Å². The van der Waals surface area contributed by atoms with Crippen LogP contribution in [0.5, 0.6) is 0 Å². The quantitative estimate of drug-likeness (QED) is 0.755. The molecule has 2 aromatic rings. The predicted octanol–water partition coefficient (Wildman–Crippen LogP) is 1.37. The van der Waals surface area contributed by atoms with Gasteiger partial charge in [0, 0.05) is 4.47 Å². The van der Waals surface area contributed by atoms with Crippen LogP contribution in [0.3, 0.4) is 0 Å². The highest BCUT2D eigenvalue weighted by atomic mass is 79.9. The largest absolute Gasteiger partial charge is 0.478 e. The molecular weight excluding hydrogens is 352 g/mol. The van der Waals surface area contributed by atoms with Crippen LogP contribution in [0.15, 0.2) is 27.6 Å². The topological polar surface area (TPSA) is 125 Å². The second kappa shape index (κ2) is 5.21. The minimum atomic E-state index is -3.99. The number of benzene rings is 1. The van der Waals surface area contributed by atoms with Crippen LogP contribution in [0.1, 0.15) is 16.2 Å². The second-order valence-electron chi connectivity index (χ2n) is 3.80. The van der Waals surface area contributed by atoms with Crippen molar-refractivity contribution in [1.82, 2.24) is 15.2 Å². The molecule has 0 aliphatic carbocycles. The van der Waals surface area contributed by atoms with Crippen LogP contribution in [0.4, 0.5) is 5.95 Å². The summed E-state index contributed by atoms with van der Waals surface area (Å²) >= 11 is 3.07. The summed E-state index contributed by atoms with van der Waals surface area (Å²) in [6.45, 7) is 1.62. The number of anilines is 1. The van der Waals surface area contributed by atoms with Gasteiger partial charge in [0.2, 0.25) is 0 Å². The van der Waals surface area contributed by atoms with Crippen molar-refractivity contribution in [3.63, 3.8) is 0 Å². The maximum Gasteiger partial charge on any atom is 0.335 e. The number of aryl methyl sites for hydroxylation is 1. The van der Waals surface area contributed by atoms with Crippen LogP contribution >= 0.6 is 15.9 Å². The third-order valence-electron chi connectivity index (χ3n) is 2.29. The Morgan fingerprint density at radius 3 is 2.70 bits per heavy atom. The van der Waals surface area contributed by atoms with Crippen molar-refractivity contribution in [3.05, 3.63) is 34.1 Å². The highest BCUT2D eigenvalue weighted by Gasteiger charge is 2.21. The number of hydrogen-bond donors (Lipinski definition) is 3. The SMILES string of the molecule is Cc1nc(NS(=O)(=O)c2cc(C(=O)O)ccc2Br)n[nH]1. The van der Waals surface area contributed by atoms with E-state index in [1.165, 1.54) is 12.1 Å². The molecule has 0 fully saturated rings. The number of sulfonamides is 1. The van der Waals surface area contributed by atoms with Gasteiger partial charge in [-0.05, 0) is 41.1 Å². The van der Waals surface area contributed by atoms with E-state index in [9.17, 15) is 13.2 Å². The van der Waals surface area contributed by atoms with Crippen molar-refractivity contribution < 1.29 is 18.3 Å². The summed E-state index contributed by atoms with van der Waals surface area (Å²) in [6, 6.07) is 3.69. The Morgan fingerprint density at radius 2 is 2.15 bits per heavy atom. The number of aromatic carboxylic acids is 1. The van der Waals surface area contributed by atoms with E-state index in [1.54, 1.807) is 6.92 Å². The third-order valence-corrected chi connectivity index (χ3v) is 4.61. The smallest absolute Gasteiger partial charge is 0.335 e. The van der Waals surface area contributed by atoms with E-state index in [2.05, 4.69) is 35.8 Å². The number of nitrogens with zero attached hydrogens (tertiary/aromatic N) is 2. The van der Waals surface area contributed by atoms with Crippen LogP contribution in [0.2, 0.25) is 0 Å². The summed E-state index contributed by atoms with van der Waals surface area (Å²) in [5.74, 6) is -0.890. The third kappa shape index (κ3) is 2.96. The molecule has 8 nitrogen and oxygen atoms in total. The Kier molecular flexibility index (Phi) is 3.77. The summed E-state index contributed by atoms with van der Waals surface area (Å²) in [6.07, 6.45) is 0. The van der Waals surface area contributed by atoms with Gasteiger partial charge in [0.25, 0.3) is 16.0 Å². The van der Waals surface area contributed by atoms with Gasteiger partial charge in [-0.25, -0.2) is 17.9 Å². The van der Waals surface area contributed by atoms with Crippen LogP contribution in [-0.4, -0.2) is 34.7 Å². The van der Waals surface area contributed by atoms with Gasteiger partial charge in [-0.2, -0.15) is 4.98 Å². The maximum absolute atomic E-state index is 12.2. The molecule has 0 aliphatic heterocycles. The van der Waals surface area contributed by atoms with Crippen molar-refractivity contribution in [2.75, 3.05) is 4.72 Å². The summed E-state index contributed by atoms with van der Waals surface area (Å²) in [7, 11) is -3.99. The normalized spacial score (nSPS) is 11.3. The number of rotatable bonds is 4. The molecule has 106 valence electrons. The Balaban J connectivity index is 2.43. The van der Waals surface area contributed by atoms with Crippen LogP contribution < -0.4 is 4.72 Å². The lowest BCUT2D eigenvalue weighted by molar-refractivity contribution is 0.0696. The molecule has 0 spiro atoms. The molecule has 2 rings (SSSR count). The molecule has 1 heterocycles. The zero-order valence-electron chi connectivity index (χ0n) is 10.1. The zero-order valence-corrected chi connectivity index (χ0v) is 12.5. The molecule has 0 saturated carbocycles. The first-order chi connectivity index (χ1) is 9.29. The van der Waals surface area contributed by atoms with E-state index in [1.807, 2.05) is 0 Å². The van der Waals surface area contributed by atoms with Crippen molar-refractivity contribution in [1.29, 1.82) is 0 Å². The van der Waals surface area contributed by atoms with Gasteiger partial charge in [-0.15, -0.1) is 5.10 Å². The Bertz CT molecular complexity index is 771. The van der Waals surface area contributed by atoms with Crippen molar-refractivity contribution in [2.24, 2.45) is 0 Å². The fourth-order valence-electron chi connectivity index (χ4n) is 1.41. The van der Waals surface area contributed by atoms with Crippen molar-refractivity contribution in [2.45, 2.75) is 11.8 Å². The molecule has 0 bridgehead atoms. The molecular formula is C10H9BrN4O4S. The average molecular weight is 361 g/mol. The van der Waals surface area contributed by atoms with Gasteiger partial charge >= 0.3 is 5.97 Å². The first-order valence-corrected chi connectivity index (χ1v) is 7.52. The Hall–Kier alpha value is -1.94. The van der Waals surface area contributed by atoms with Crippen LogP contribution in [0, 0.1) is 6.92 Å². The minimum absolute atomic E-state index is 0.116. The fraction of sp³-hybridized carbons (Fsp3) is 0.100. The number of carboxylic acid groups (broad SMARTS) is 1. The lowest BCUT2D eigenvalue weighted by Crippen LogP contribution is -2.15. The lowest BCUT2D eigenvalue weighted by Gasteiger charge is -2.07. The van der Waals surface area contributed by atoms with E-state index in [4.69, 9.17) is 5.11 Å². The maximum atomic E-state index is 12.2. The van der Waals surface area contributed by atoms with Crippen LogP contribution in [-0.2, 0) is 10.0 Å². The molecule has 20 heavy (non-hydrogen) atoms. The van der Waals surface area contributed by atoms with Crippen molar-refractivity contribution in [3.8, 4) is 0 Å². The standard InChI is InChI=1S/C10H9BrN4O4S/c1-5-12-10(14-13-5)15-20(18,19)8-4-6(9(16)17)2-3-7(8)11/h2-4H,1H3,(H,16,17)(H2,12,13,14,15). The first-order valence-electron chi connectivity index (χ1n) is 5.24. The van der Waals surface area contributed by atoms with E-state index in [0.717, 1.165) is 6.07 Å². The van der Waals surface area contributed by atoms with Gasteiger partial charge in [0.1, 0.15) is 10.7 Å². The van der Waals surface area contributed by atoms with Gasteiger partial charge in [-0.3, -0.25) is 5.10 Å². The van der Waals surface area contributed by atoms with Gasteiger partial charge < -0.3 is 5.11 Å². The number of hydrogen-bond acceptors (Lipinski definition) is 5. The van der Waals surface area contributed by atoms with E-state index in [-0.39, 0.29) is 20.9 Å². The number of nitrogens with one attached hydrogen (secondary N) is 2. The molecule has 0 aliphatic rings. The molecule has 0 saturated heterocycles. The lowest BCUT2D eigenvalue weighted by atomic mass is 10.2. The van der Waals surface area contributed by atoms with E-state index in [0.29, 0.717) is 5.82 Å². The molecule has 1 aromatic carbocycles. The van der Waals surface area contributed by atoms with E-state index >= 15 is 0 Å². The first kappa shape index (κ1) is 14.5. The molecule has 1 aromatic heterocycles. The predicted molar refractivity (Wildman–Crippen MR) is 73.0 cm³/mol. The van der Waals surface area contributed by atoms with Gasteiger partial charge in [-0.1, -0.05) is 0 Å². The molecule has 3 N–H and O–H groups in total. The number of H-pyrrole nitrogens is 1. The summed E-state index contributed by atoms with van der Waals surface area (Å²) < 4.78 is 26.8. The van der Waals surface area contributed by atoms with Crippen molar-refractivity contribution >= 4 is 37.9 Å². The van der Waals surface area contributed by atoms with Crippen LogP contribution in [0.25, 0.3) is 0 Å². The average Bonchev–Trinajstić information content (AvgIpc) is 2.73. The second-order valence-corrected chi connectivity index (χ2v) is 6.31. The molecule has 0 atom stereocenters. The minimum Gasteiger partial charge on any atom is -0.478 e. The number of aromatic amines is 1. The van der Waals surface area contributed by atoms with Gasteiger partial charge in [0.05, 0.1) is 5.56 Å².